The van der Waals surface area contributed by atoms with Crippen LogP contribution < -0.4 is 10.4 Å². The molecule has 24 heavy (non-hydrogen) atoms. The lowest BCUT2D eigenvalue weighted by Gasteiger charge is -2.09. The van der Waals surface area contributed by atoms with E-state index in [9.17, 15) is 9.59 Å². The molecule has 1 heterocycles. The molecule has 0 aliphatic rings. The molecule has 122 valence electrons. The van der Waals surface area contributed by atoms with Gasteiger partial charge in [-0.3, -0.25) is 4.79 Å². The van der Waals surface area contributed by atoms with Crippen LogP contribution in [0.1, 0.15) is 27.0 Å². The maximum Gasteiger partial charge on any atom is 0.336 e. The van der Waals surface area contributed by atoms with Gasteiger partial charge in [-0.05, 0) is 50.1 Å². The third kappa shape index (κ3) is 3.23. The van der Waals surface area contributed by atoms with E-state index in [0.29, 0.717) is 16.9 Å². The highest BCUT2D eigenvalue weighted by Crippen LogP contribution is 2.22. The molecule has 4 nitrogen and oxygen atoms in total. The molecule has 0 fully saturated rings. The largest absolute Gasteiger partial charge is 0.485 e. The van der Waals surface area contributed by atoms with E-state index in [0.717, 1.165) is 22.1 Å². The van der Waals surface area contributed by atoms with Crippen LogP contribution in [0.15, 0.2) is 51.7 Å². The van der Waals surface area contributed by atoms with Crippen LogP contribution in [0, 0.1) is 20.8 Å². The first-order valence-electron chi connectivity index (χ1n) is 7.72. The van der Waals surface area contributed by atoms with Gasteiger partial charge >= 0.3 is 5.63 Å². The lowest BCUT2D eigenvalue weighted by Crippen LogP contribution is -2.13. The van der Waals surface area contributed by atoms with Crippen molar-refractivity contribution in [2.24, 2.45) is 0 Å². The molecule has 0 amide bonds. The zero-order valence-corrected chi connectivity index (χ0v) is 13.9. The Labute approximate surface area is 139 Å². The molecule has 0 bridgehead atoms. The predicted molar refractivity (Wildman–Crippen MR) is 93.0 cm³/mol. The van der Waals surface area contributed by atoms with Gasteiger partial charge in [0, 0.05) is 23.1 Å². The number of rotatable bonds is 4. The molecule has 2 aromatic carbocycles. The van der Waals surface area contributed by atoms with Crippen molar-refractivity contribution in [3.05, 3.63) is 75.1 Å². The predicted octanol–water partition coefficient (Wildman–Crippen LogP) is 3.98. The number of aryl methyl sites for hydroxylation is 3. The molecular weight excluding hydrogens is 304 g/mol. The molecule has 4 heteroatoms. The molecule has 1 aromatic heterocycles. The summed E-state index contributed by atoms with van der Waals surface area (Å²) in [6.45, 7) is 5.64. The van der Waals surface area contributed by atoms with Crippen LogP contribution in [-0.2, 0) is 0 Å². The second-order valence-electron chi connectivity index (χ2n) is 5.94. The summed E-state index contributed by atoms with van der Waals surface area (Å²) in [5, 5.41) is 0.850. The van der Waals surface area contributed by atoms with E-state index < -0.39 is 5.63 Å². The molecule has 3 rings (SSSR count). The minimum atomic E-state index is -0.399. The zero-order chi connectivity index (χ0) is 17.3. The minimum Gasteiger partial charge on any atom is -0.485 e. The van der Waals surface area contributed by atoms with Gasteiger partial charge in [0.2, 0.25) is 0 Å². The van der Waals surface area contributed by atoms with Gasteiger partial charge < -0.3 is 9.15 Å². The van der Waals surface area contributed by atoms with Gasteiger partial charge in [0.05, 0.1) is 0 Å². The maximum absolute atomic E-state index is 12.4. The Morgan fingerprint density at radius 2 is 1.79 bits per heavy atom. The highest BCUT2D eigenvalue weighted by atomic mass is 16.5. The van der Waals surface area contributed by atoms with E-state index in [4.69, 9.17) is 9.15 Å². The van der Waals surface area contributed by atoms with Gasteiger partial charge in [-0.15, -0.1) is 0 Å². The fourth-order valence-electron chi connectivity index (χ4n) is 2.66. The van der Waals surface area contributed by atoms with E-state index in [1.165, 1.54) is 6.07 Å². The van der Waals surface area contributed by atoms with Crippen molar-refractivity contribution < 1.29 is 13.9 Å². The summed E-state index contributed by atoms with van der Waals surface area (Å²) in [5.41, 5.74) is 3.53. The number of fused-ring (bicyclic) bond motifs is 1. The molecule has 0 radical (unpaired) electrons. The fourth-order valence-corrected chi connectivity index (χ4v) is 2.66. The van der Waals surface area contributed by atoms with Crippen molar-refractivity contribution in [2.45, 2.75) is 20.8 Å². The number of Topliss-reactive ketones (excluding diaryl/α,β-unsaturated/α-hetero) is 1. The van der Waals surface area contributed by atoms with Crippen LogP contribution in [0.5, 0.6) is 5.75 Å². The van der Waals surface area contributed by atoms with Crippen LogP contribution in [0.25, 0.3) is 11.0 Å². The molecular formula is C20H18O4. The van der Waals surface area contributed by atoms with E-state index in [1.54, 1.807) is 12.1 Å². The van der Waals surface area contributed by atoms with Gasteiger partial charge in [0.25, 0.3) is 0 Å². The van der Waals surface area contributed by atoms with Crippen molar-refractivity contribution in [2.75, 3.05) is 6.61 Å². The zero-order valence-electron chi connectivity index (χ0n) is 13.9. The average molecular weight is 322 g/mol. The number of ketones is 1. The van der Waals surface area contributed by atoms with Crippen LogP contribution in [0.2, 0.25) is 0 Å². The molecule has 0 saturated heterocycles. The first kappa shape index (κ1) is 16.0. The average Bonchev–Trinajstić information content (AvgIpc) is 2.54. The molecule has 0 aliphatic carbocycles. The Balaban J connectivity index is 1.81. The molecule has 0 unspecified atom stereocenters. The van der Waals surface area contributed by atoms with Crippen LogP contribution >= 0.6 is 0 Å². The topological polar surface area (TPSA) is 56.5 Å². The summed E-state index contributed by atoms with van der Waals surface area (Å²) in [6.07, 6.45) is 0. The number of carbonyl (C=O) groups is 1. The van der Waals surface area contributed by atoms with E-state index >= 15 is 0 Å². The third-order valence-corrected chi connectivity index (χ3v) is 3.99. The molecule has 3 aromatic rings. The summed E-state index contributed by atoms with van der Waals surface area (Å²) in [5.74, 6) is 0.414. The third-order valence-electron chi connectivity index (χ3n) is 3.99. The van der Waals surface area contributed by atoms with Gasteiger partial charge in [-0.2, -0.15) is 0 Å². The first-order valence-corrected chi connectivity index (χ1v) is 7.72. The van der Waals surface area contributed by atoms with Crippen molar-refractivity contribution in [1.82, 2.24) is 0 Å². The maximum atomic E-state index is 12.4. The van der Waals surface area contributed by atoms with E-state index in [2.05, 4.69) is 0 Å². The SMILES string of the molecule is Cc1ccc(C)c(C(=O)COc2ccc3c(C)cc(=O)oc3c2)c1. The van der Waals surface area contributed by atoms with Crippen LogP contribution in [-0.4, -0.2) is 12.4 Å². The number of hydrogen-bond acceptors (Lipinski definition) is 4. The fraction of sp³-hybridized carbons (Fsp3) is 0.200. The summed E-state index contributed by atoms with van der Waals surface area (Å²) in [7, 11) is 0. The second kappa shape index (κ2) is 6.32. The Morgan fingerprint density at radius 1 is 1.00 bits per heavy atom. The minimum absolute atomic E-state index is 0.0636. The van der Waals surface area contributed by atoms with Crippen molar-refractivity contribution in [3.8, 4) is 5.75 Å². The van der Waals surface area contributed by atoms with Crippen LogP contribution in [0.3, 0.4) is 0 Å². The van der Waals surface area contributed by atoms with Crippen molar-refractivity contribution >= 4 is 16.8 Å². The standard InChI is InChI=1S/C20H18O4/c1-12-4-5-13(2)17(8-12)18(21)11-23-15-6-7-16-14(3)9-20(22)24-19(16)10-15/h4-10H,11H2,1-3H3. The highest BCUT2D eigenvalue weighted by Gasteiger charge is 2.11. The monoisotopic (exact) mass is 322 g/mol. The van der Waals surface area contributed by atoms with E-state index in [1.807, 2.05) is 45.0 Å². The van der Waals surface area contributed by atoms with E-state index in [-0.39, 0.29) is 12.4 Å². The smallest absolute Gasteiger partial charge is 0.336 e. The van der Waals surface area contributed by atoms with Gasteiger partial charge in [-0.25, -0.2) is 4.79 Å². The normalized spacial score (nSPS) is 10.8. The Hall–Kier alpha value is -2.88. The van der Waals surface area contributed by atoms with Crippen molar-refractivity contribution in [3.63, 3.8) is 0 Å². The second-order valence-corrected chi connectivity index (χ2v) is 5.94. The lowest BCUT2D eigenvalue weighted by atomic mass is 10.0. The quantitative estimate of drug-likeness (QED) is 0.538. The van der Waals surface area contributed by atoms with Gasteiger partial charge in [-0.1, -0.05) is 17.7 Å². The lowest BCUT2D eigenvalue weighted by molar-refractivity contribution is 0.0921. The Bertz CT molecular complexity index is 983. The number of carbonyl (C=O) groups excluding carboxylic acids is 1. The summed E-state index contributed by atoms with van der Waals surface area (Å²) >= 11 is 0. The summed E-state index contributed by atoms with van der Waals surface area (Å²) < 4.78 is 10.8. The molecule has 0 saturated carbocycles. The number of hydrogen-bond donors (Lipinski definition) is 0. The van der Waals surface area contributed by atoms with Gasteiger partial charge in [0.15, 0.2) is 12.4 Å². The Morgan fingerprint density at radius 3 is 2.58 bits per heavy atom. The highest BCUT2D eigenvalue weighted by molar-refractivity contribution is 5.98. The molecule has 0 N–H and O–H groups in total. The number of ether oxygens (including phenoxy) is 1. The van der Waals surface area contributed by atoms with Crippen LogP contribution in [0.4, 0.5) is 0 Å². The molecule has 0 atom stereocenters. The number of benzene rings is 2. The first-order chi connectivity index (χ1) is 11.4. The van der Waals surface area contributed by atoms with Gasteiger partial charge in [0.1, 0.15) is 11.3 Å². The summed E-state index contributed by atoms with van der Waals surface area (Å²) in [6, 6.07) is 12.4. The Kier molecular flexibility index (Phi) is 4.21. The summed E-state index contributed by atoms with van der Waals surface area (Å²) in [4.78, 5) is 23.8. The molecule has 0 spiro atoms. The molecule has 0 aliphatic heterocycles. The van der Waals surface area contributed by atoms with Crippen molar-refractivity contribution in [1.29, 1.82) is 0 Å².